The number of hydrogen-bond acceptors (Lipinski definition) is 6. The van der Waals surface area contributed by atoms with Crippen molar-refractivity contribution in [2.24, 2.45) is 5.92 Å². The number of Topliss-reactive ketones (excluding diaryl/α,β-unsaturated/α-hetero) is 1. The lowest BCUT2D eigenvalue weighted by molar-refractivity contribution is 0.0943. The van der Waals surface area contributed by atoms with E-state index < -0.39 is 11.4 Å². The van der Waals surface area contributed by atoms with E-state index in [4.69, 9.17) is 16.3 Å². The minimum Gasteiger partial charge on any atom is -0.437 e. The second-order valence-corrected chi connectivity index (χ2v) is 10.6. The van der Waals surface area contributed by atoms with Crippen molar-refractivity contribution in [3.63, 3.8) is 0 Å². The number of aryl methyl sites for hydroxylation is 1. The SMILES string of the molecule is Cc1cc(-c2cnc3c(NCC(C)(C)O)cc(Oc4ccc(F)c(Cl)c4)nn23)ccc1C(=O)CC1CC1. The zero-order chi connectivity index (χ0) is 26.3. The van der Waals surface area contributed by atoms with E-state index in [9.17, 15) is 14.3 Å². The van der Waals surface area contributed by atoms with E-state index in [-0.39, 0.29) is 23.2 Å². The number of imidazole rings is 1. The van der Waals surface area contributed by atoms with Crippen molar-refractivity contribution >= 4 is 28.7 Å². The molecule has 0 saturated heterocycles. The summed E-state index contributed by atoms with van der Waals surface area (Å²) >= 11 is 5.92. The lowest BCUT2D eigenvalue weighted by Gasteiger charge is -2.19. The molecule has 0 aliphatic heterocycles. The van der Waals surface area contributed by atoms with Crippen LogP contribution in [0, 0.1) is 18.7 Å². The third kappa shape index (κ3) is 5.76. The van der Waals surface area contributed by atoms with Crippen LogP contribution in [-0.4, -0.2) is 37.6 Å². The Morgan fingerprint density at radius 1 is 1.24 bits per heavy atom. The van der Waals surface area contributed by atoms with Crippen LogP contribution in [0.15, 0.2) is 48.7 Å². The fourth-order valence-corrected chi connectivity index (χ4v) is 4.30. The zero-order valence-corrected chi connectivity index (χ0v) is 21.6. The van der Waals surface area contributed by atoms with Gasteiger partial charge in [-0.05, 0) is 63.3 Å². The Morgan fingerprint density at radius 3 is 2.70 bits per heavy atom. The largest absolute Gasteiger partial charge is 0.437 e. The number of fused-ring (bicyclic) bond motifs is 1. The molecule has 2 heterocycles. The van der Waals surface area contributed by atoms with Crippen LogP contribution in [0.1, 0.15) is 49.0 Å². The maximum absolute atomic E-state index is 13.6. The van der Waals surface area contributed by atoms with E-state index in [2.05, 4.69) is 15.4 Å². The summed E-state index contributed by atoms with van der Waals surface area (Å²) in [6.07, 6.45) is 4.57. The summed E-state index contributed by atoms with van der Waals surface area (Å²) in [5.74, 6) is 0.702. The number of benzene rings is 2. The van der Waals surface area contributed by atoms with Crippen LogP contribution in [0.5, 0.6) is 11.6 Å². The fourth-order valence-electron chi connectivity index (χ4n) is 4.13. The topological polar surface area (TPSA) is 88.8 Å². The van der Waals surface area contributed by atoms with Gasteiger partial charge in [-0.3, -0.25) is 4.79 Å². The Labute approximate surface area is 219 Å². The number of ether oxygens (including phenoxy) is 1. The molecule has 0 unspecified atom stereocenters. The number of ketones is 1. The third-order valence-corrected chi connectivity index (χ3v) is 6.55. The molecular weight excluding hydrogens is 495 g/mol. The molecule has 2 N–H and O–H groups in total. The van der Waals surface area contributed by atoms with Gasteiger partial charge in [0.05, 0.1) is 28.2 Å². The molecule has 1 fully saturated rings. The van der Waals surface area contributed by atoms with Crippen LogP contribution in [0.3, 0.4) is 0 Å². The maximum atomic E-state index is 13.6. The molecule has 7 nitrogen and oxygen atoms in total. The van der Waals surface area contributed by atoms with Crippen molar-refractivity contribution in [1.29, 1.82) is 0 Å². The van der Waals surface area contributed by atoms with Gasteiger partial charge < -0.3 is 15.2 Å². The maximum Gasteiger partial charge on any atom is 0.239 e. The highest BCUT2D eigenvalue weighted by Gasteiger charge is 2.26. The molecule has 1 aliphatic rings. The molecule has 2 aromatic heterocycles. The molecule has 1 saturated carbocycles. The Bertz CT molecular complexity index is 1490. The normalized spacial score (nSPS) is 13.7. The summed E-state index contributed by atoms with van der Waals surface area (Å²) in [5, 5.41) is 18.0. The van der Waals surface area contributed by atoms with Gasteiger partial charge in [0, 0.05) is 36.2 Å². The summed E-state index contributed by atoms with van der Waals surface area (Å²) in [4.78, 5) is 17.2. The van der Waals surface area contributed by atoms with Gasteiger partial charge in [-0.15, -0.1) is 5.10 Å². The van der Waals surface area contributed by atoms with Crippen molar-refractivity contribution < 1.29 is 19.0 Å². The predicted octanol–water partition coefficient (Wildman–Crippen LogP) is 6.46. The molecular formula is C28H28ClFN4O3. The first-order chi connectivity index (χ1) is 17.6. The number of aromatic nitrogens is 3. The average molecular weight is 523 g/mol. The van der Waals surface area contributed by atoms with Crippen LogP contribution in [0.2, 0.25) is 5.02 Å². The Morgan fingerprint density at radius 2 is 2.03 bits per heavy atom. The molecule has 9 heteroatoms. The Kier molecular flexibility index (Phi) is 6.64. The first-order valence-electron chi connectivity index (χ1n) is 12.2. The fraction of sp³-hybridized carbons (Fsp3) is 0.321. The average Bonchev–Trinajstić information content (AvgIpc) is 3.54. The third-order valence-electron chi connectivity index (χ3n) is 6.26. The van der Waals surface area contributed by atoms with Gasteiger partial charge in [-0.2, -0.15) is 0 Å². The Hall–Kier alpha value is -3.49. The van der Waals surface area contributed by atoms with Crippen molar-refractivity contribution in [3.8, 4) is 22.9 Å². The molecule has 0 spiro atoms. The standard InChI is InChI=1S/C28H28ClFN4O3/c1-16-10-18(6-8-20(16)25(35)11-17-4-5-17)24-14-31-27-23(32-15-28(2,3)36)13-26(33-34(24)27)37-19-7-9-22(30)21(29)12-19/h6-10,12-14,17,32,36H,4-5,11,15H2,1-3H3. The van der Waals surface area contributed by atoms with Gasteiger partial charge in [0.1, 0.15) is 11.6 Å². The van der Waals surface area contributed by atoms with E-state index in [1.165, 1.54) is 18.2 Å². The quantitative estimate of drug-likeness (QED) is 0.245. The summed E-state index contributed by atoms with van der Waals surface area (Å²) in [5.41, 5.74) is 3.34. The van der Waals surface area contributed by atoms with Crippen molar-refractivity contribution in [1.82, 2.24) is 14.6 Å². The molecule has 0 atom stereocenters. The number of anilines is 1. The number of carbonyl (C=O) groups is 1. The first-order valence-corrected chi connectivity index (χ1v) is 12.6. The second-order valence-electron chi connectivity index (χ2n) is 10.2. The number of nitrogens with one attached hydrogen (secondary N) is 1. The van der Waals surface area contributed by atoms with Crippen LogP contribution in [-0.2, 0) is 0 Å². The number of carbonyl (C=O) groups excluding carboxylic acids is 1. The molecule has 37 heavy (non-hydrogen) atoms. The monoisotopic (exact) mass is 522 g/mol. The zero-order valence-electron chi connectivity index (χ0n) is 20.9. The van der Waals surface area contributed by atoms with Gasteiger partial charge >= 0.3 is 0 Å². The minimum absolute atomic E-state index is 0.0610. The molecule has 2 aromatic carbocycles. The highest BCUT2D eigenvalue weighted by Crippen LogP contribution is 2.35. The van der Waals surface area contributed by atoms with Crippen molar-refractivity contribution in [2.75, 3.05) is 11.9 Å². The van der Waals surface area contributed by atoms with Gasteiger partial charge in [-0.1, -0.05) is 23.7 Å². The van der Waals surface area contributed by atoms with Gasteiger partial charge in [0.2, 0.25) is 5.88 Å². The lowest BCUT2D eigenvalue weighted by Crippen LogP contribution is -2.29. The van der Waals surface area contributed by atoms with Crippen LogP contribution in [0.25, 0.3) is 16.9 Å². The van der Waals surface area contributed by atoms with E-state index in [0.717, 1.165) is 29.5 Å². The van der Waals surface area contributed by atoms with Crippen LogP contribution >= 0.6 is 11.6 Å². The molecule has 4 aromatic rings. The molecule has 5 rings (SSSR count). The summed E-state index contributed by atoms with van der Waals surface area (Å²) in [7, 11) is 0. The number of halogens is 2. The highest BCUT2D eigenvalue weighted by atomic mass is 35.5. The number of rotatable bonds is 9. The van der Waals surface area contributed by atoms with Gasteiger partial charge in [0.25, 0.3) is 0 Å². The van der Waals surface area contributed by atoms with Crippen LogP contribution in [0.4, 0.5) is 10.1 Å². The highest BCUT2D eigenvalue weighted by molar-refractivity contribution is 6.30. The van der Waals surface area contributed by atoms with E-state index in [1.54, 1.807) is 30.6 Å². The Balaban J connectivity index is 1.54. The molecule has 192 valence electrons. The van der Waals surface area contributed by atoms with Crippen LogP contribution < -0.4 is 10.1 Å². The van der Waals surface area contributed by atoms with E-state index in [1.807, 2.05) is 25.1 Å². The minimum atomic E-state index is -0.971. The summed E-state index contributed by atoms with van der Waals surface area (Å²) in [6.45, 7) is 5.58. The summed E-state index contributed by atoms with van der Waals surface area (Å²) < 4.78 is 21.2. The smallest absolute Gasteiger partial charge is 0.239 e. The summed E-state index contributed by atoms with van der Waals surface area (Å²) in [6, 6.07) is 11.5. The number of hydrogen-bond donors (Lipinski definition) is 2. The molecule has 0 bridgehead atoms. The number of nitrogens with zero attached hydrogens (tertiary/aromatic N) is 3. The number of aliphatic hydroxyl groups is 1. The van der Waals surface area contributed by atoms with Crippen molar-refractivity contribution in [2.45, 2.75) is 45.6 Å². The second kappa shape index (κ2) is 9.76. The van der Waals surface area contributed by atoms with Crippen molar-refractivity contribution in [3.05, 3.63) is 70.6 Å². The molecule has 1 aliphatic carbocycles. The van der Waals surface area contributed by atoms with E-state index in [0.29, 0.717) is 35.1 Å². The first kappa shape index (κ1) is 25.2. The van der Waals surface area contributed by atoms with Gasteiger partial charge in [-0.25, -0.2) is 13.9 Å². The molecule has 0 amide bonds. The van der Waals surface area contributed by atoms with Gasteiger partial charge in [0.15, 0.2) is 11.4 Å². The molecule has 0 radical (unpaired) electrons. The lowest BCUT2D eigenvalue weighted by atomic mass is 9.98. The van der Waals surface area contributed by atoms with E-state index >= 15 is 0 Å². The predicted molar refractivity (Wildman–Crippen MR) is 141 cm³/mol.